The molecule has 4 heteroatoms. The first-order valence-corrected chi connectivity index (χ1v) is 5.24. The molecule has 0 spiro atoms. The minimum absolute atomic E-state index is 0.0526. The van der Waals surface area contributed by atoms with E-state index in [9.17, 15) is 0 Å². The summed E-state index contributed by atoms with van der Waals surface area (Å²) < 4.78 is 2.04. The Morgan fingerprint density at radius 1 is 1.60 bits per heavy atom. The zero-order chi connectivity index (χ0) is 11.0. The molecule has 1 atom stereocenters. The Morgan fingerprint density at radius 3 is 3.00 bits per heavy atom. The molecule has 0 bridgehead atoms. The van der Waals surface area contributed by atoms with E-state index in [0.717, 1.165) is 16.9 Å². The van der Waals surface area contributed by atoms with E-state index in [1.54, 1.807) is 0 Å². The van der Waals surface area contributed by atoms with Gasteiger partial charge in [-0.1, -0.05) is 25.2 Å². The van der Waals surface area contributed by atoms with E-state index in [-0.39, 0.29) is 5.92 Å². The molecule has 78 valence electrons. The van der Waals surface area contributed by atoms with Crippen molar-refractivity contribution < 1.29 is 0 Å². The SMILES string of the molecule is Cc1cccn2c(C(C)C(N)=S)cnc12. The normalized spacial score (nSPS) is 12.9. The monoisotopic (exact) mass is 219 g/mol. The molecule has 0 aliphatic rings. The van der Waals surface area contributed by atoms with Gasteiger partial charge in [0.25, 0.3) is 0 Å². The minimum atomic E-state index is 0.0526. The Balaban J connectivity index is 2.64. The maximum atomic E-state index is 5.65. The van der Waals surface area contributed by atoms with Crippen LogP contribution < -0.4 is 5.73 Å². The lowest BCUT2D eigenvalue weighted by Gasteiger charge is -2.09. The van der Waals surface area contributed by atoms with E-state index in [0.29, 0.717) is 4.99 Å². The van der Waals surface area contributed by atoms with Gasteiger partial charge in [0.15, 0.2) is 0 Å². The Morgan fingerprint density at radius 2 is 2.33 bits per heavy atom. The fraction of sp³-hybridized carbons (Fsp3) is 0.273. The third kappa shape index (κ3) is 1.61. The van der Waals surface area contributed by atoms with Crippen LogP contribution in [-0.2, 0) is 0 Å². The van der Waals surface area contributed by atoms with Gasteiger partial charge in [0.05, 0.1) is 10.7 Å². The number of aryl methyl sites for hydroxylation is 1. The van der Waals surface area contributed by atoms with E-state index in [1.165, 1.54) is 0 Å². The molecule has 2 aromatic heterocycles. The summed E-state index contributed by atoms with van der Waals surface area (Å²) in [7, 11) is 0. The second kappa shape index (κ2) is 3.62. The number of aromatic nitrogens is 2. The summed E-state index contributed by atoms with van der Waals surface area (Å²) in [4.78, 5) is 4.87. The average Bonchev–Trinajstić information content (AvgIpc) is 2.61. The number of nitrogens with zero attached hydrogens (tertiary/aromatic N) is 2. The number of hydrogen-bond donors (Lipinski definition) is 1. The van der Waals surface area contributed by atoms with Gasteiger partial charge in [0.1, 0.15) is 5.65 Å². The molecule has 1 unspecified atom stereocenters. The lowest BCUT2D eigenvalue weighted by Crippen LogP contribution is -2.17. The molecule has 2 N–H and O–H groups in total. The predicted octanol–water partition coefficient (Wildman–Crippen LogP) is 2.03. The maximum absolute atomic E-state index is 5.65. The van der Waals surface area contributed by atoms with Gasteiger partial charge in [-0.25, -0.2) is 4.98 Å². The van der Waals surface area contributed by atoms with Crippen molar-refractivity contribution in [1.82, 2.24) is 9.38 Å². The Bertz CT molecular complexity index is 516. The van der Waals surface area contributed by atoms with Crippen molar-refractivity contribution in [3.05, 3.63) is 35.8 Å². The Kier molecular flexibility index (Phi) is 2.44. The highest BCUT2D eigenvalue weighted by Crippen LogP contribution is 2.18. The van der Waals surface area contributed by atoms with Crippen molar-refractivity contribution in [3.8, 4) is 0 Å². The van der Waals surface area contributed by atoms with Gasteiger partial charge in [-0.2, -0.15) is 0 Å². The van der Waals surface area contributed by atoms with Crippen LogP contribution in [0.15, 0.2) is 24.5 Å². The first-order valence-electron chi connectivity index (χ1n) is 4.83. The number of nitrogens with two attached hydrogens (primary N) is 1. The highest BCUT2D eigenvalue weighted by atomic mass is 32.1. The fourth-order valence-electron chi connectivity index (χ4n) is 1.64. The standard InChI is InChI=1S/C11H13N3S/c1-7-4-3-5-14-9(6-13-11(7)14)8(2)10(12)15/h3-6,8H,1-2H3,(H2,12,15). The van der Waals surface area contributed by atoms with Crippen LogP contribution in [-0.4, -0.2) is 14.4 Å². The first kappa shape index (κ1) is 10.1. The average molecular weight is 219 g/mol. The summed E-state index contributed by atoms with van der Waals surface area (Å²) in [5, 5.41) is 0. The number of pyridine rings is 1. The van der Waals surface area contributed by atoms with E-state index >= 15 is 0 Å². The Hall–Kier alpha value is -1.42. The summed E-state index contributed by atoms with van der Waals surface area (Å²) in [5.74, 6) is 0.0526. The number of imidazole rings is 1. The third-order valence-electron chi connectivity index (χ3n) is 2.63. The largest absolute Gasteiger partial charge is 0.393 e. The molecule has 0 saturated carbocycles. The van der Waals surface area contributed by atoms with Crippen molar-refractivity contribution in [2.24, 2.45) is 5.73 Å². The van der Waals surface area contributed by atoms with Crippen molar-refractivity contribution in [3.63, 3.8) is 0 Å². The minimum Gasteiger partial charge on any atom is -0.393 e. The third-order valence-corrected chi connectivity index (χ3v) is 2.98. The molecule has 0 aliphatic carbocycles. The smallest absolute Gasteiger partial charge is 0.139 e. The molecule has 0 radical (unpaired) electrons. The van der Waals surface area contributed by atoms with Crippen LogP contribution in [0, 0.1) is 6.92 Å². The quantitative estimate of drug-likeness (QED) is 0.786. The maximum Gasteiger partial charge on any atom is 0.139 e. The van der Waals surface area contributed by atoms with Crippen LogP contribution in [0.5, 0.6) is 0 Å². The molecule has 2 rings (SSSR count). The van der Waals surface area contributed by atoms with Crippen molar-refractivity contribution in [2.45, 2.75) is 19.8 Å². The molecule has 0 saturated heterocycles. The number of hydrogen-bond acceptors (Lipinski definition) is 2. The molecule has 3 nitrogen and oxygen atoms in total. The molecule has 0 aliphatic heterocycles. The zero-order valence-electron chi connectivity index (χ0n) is 8.77. The summed E-state index contributed by atoms with van der Waals surface area (Å²) >= 11 is 5.00. The van der Waals surface area contributed by atoms with Crippen molar-refractivity contribution in [2.75, 3.05) is 0 Å². The van der Waals surface area contributed by atoms with Crippen molar-refractivity contribution in [1.29, 1.82) is 0 Å². The lowest BCUT2D eigenvalue weighted by atomic mass is 10.1. The van der Waals surface area contributed by atoms with Crippen LogP contribution in [0.25, 0.3) is 5.65 Å². The summed E-state index contributed by atoms with van der Waals surface area (Å²) in [6, 6.07) is 4.04. The summed E-state index contributed by atoms with van der Waals surface area (Å²) in [6.45, 7) is 4.03. The van der Waals surface area contributed by atoms with Gasteiger partial charge < -0.3 is 10.1 Å². The Labute approximate surface area is 93.9 Å². The number of rotatable bonds is 2. The van der Waals surface area contributed by atoms with E-state index in [2.05, 4.69) is 4.98 Å². The molecule has 0 fully saturated rings. The lowest BCUT2D eigenvalue weighted by molar-refractivity contribution is 0.926. The molecule has 2 aromatic rings. The molecule has 2 heterocycles. The summed E-state index contributed by atoms with van der Waals surface area (Å²) in [6.07, 6.45) is 3.82. The van der Waals surface area contributed by atoms with Gasteiger partial charge in [0, 0.05) is 18.3 Å². The molecule has 0 amide bonds. The predicted molar refractivity (Wildman–Crippen MR) is 65.1 cm³/mol. The van der Waals surface area contributed by atoms with Gasteiger partial charge in [-0.05, 0) is 18.6 Å². The molecular weight excluding hydrogens is 206 g/mol. The van der Waals surface area contributed by atoms with Gasteiger partial charge in [-0.15, -0.1) is 0 Å². The highest BCUT2D eigenvalue weighted by molar-refractivity contribution is 7.80. The van der Waals surface area contributed by atoms with E-state index in [1.807, 2.05) is 42.8 Å². The van der Waals surface area contributed by atoms with E-state index in [4.69, 9.17) is 18.0 Å². The number of thiocarbonyl (C=S) groups is 1. The first-order chi connectivity index (χ1) is 7.11. The topological polar surface area (TPSA) is 43.3 Å². The van der Waals surface area contributed by atoms with Gasteiger partial charge >= 0.3 is 0 Å². The van der Waals surface area contributed by atoms with Crippen LogP contribution in [0.1, 0.15) is 24.1 Å². The molecular formula is C11H13N3S. The zero-order valence-corrected chi connectivity index (χ0v) is 9.58. The van der Waals surface area contributed by atoms with Crippen LogP contribution in [0.4, 0.5) is 0 Å². The van der Waals surface area contributed by atoms with E-state index < -0.39 is 0 Å². The van der Waals surface area contributed by atoms with Gasteiger partial charge in [0.2, 0.25) is 0 Å². The highest BCUT2D eigenvalue weighted by Gasteiger charge is 2.13. The van der Waals surface area contributed by atoms with Crippen LogP contribution in [0.2, 0.25) is 0 Å². The van der Waals surface area contributed by atoms with Gasteiger partial charge in [-0.3, -0.25) is 0 Å². The summed E-state index contributed by atoms with van der Waals surface area (Å²) in [5.41, 5.74) is 8.81. The molecule has 0 aromatic carbocycles. The fourth-order valence-corrected chi connectivity index (χ4v) is 1.76. The van der Waals surface area contributed by atoms with Crippen LogP contribution >= 0.6 is 12.2 Å². The van der Waals surface area contributed by atoms with Crippen molar-refractivity contribution >= 4 is 22.9 Å². The molecule has 15 heavy (non-hydrogen) atoms. The van der Waals surface area contributed by atoms with Crippen LogP contribution in [0.3, 0.4) is 0 Å². The number of fused-ring (bicyclic) bond motifs is 1. The second-order valence-corrected chi connectivity index (χ2v) is 4.16. The second-order valence-electron chi connectivity index (χ2n) is 3.69.